The Morgan fingerprint density at radius 1 is 1.41 bits per heavy atom. The third-order valence-electron chi connectivity index (χ3n) is 3.42. The second kappa shape index (κ2) is 6.65. The normalized spacial score (nSPS) is 12.2. The minimum absolute atomic E-state index is 0.0874. The zero-order valence-electron chi connectivity index (χ0n) is 13.1. The lowest BCUT2D eigenvalue weighted by atomic mass is 10.3. The van der Waals surface area contributed by atoms with E-state index in [1.165, 1.54) is 21.7 Å². The minimum Gasteiger partial charge on any atom is -0.383 e. The van der Waals surface area contributed by atoms with Gasteiger partial charge in [0.05, 0.1) is 18.3 Å². The molecule has 0 saturated carbocycles. The van der Waals surface area contributed by atoms with Gasteiger partial charge in [0.2, 0.25) is 5.82 Å². The van der Waals surface area contributed by atoms with E-state index in [4.69, 9.17) is 4.74 Å². The van der Waals surface area contributed by atoms with E-state index >= 15 is 0 Å². The molecule has 0 N–H and O–H groups in total. The maximum Gasteiger partial charge on any atom is 0.293 e. The summed E-state index contributed by atoms with van der Waals surface area (Å²) in [4.78, 5) is 18.1. The smallest absolute Gasteiger partial charge is 0.293 e. The second-order valence-electron chi connectivity index (χ2n) is 5.09. The van der Waals surface area contributed by atoms with Crippen molar-refractivity contribution in [3.05, 3.63) is 41.7 Å². The molecule has 0 spiro atoms. The zero-order chi connectivity index (χ0) is 16.3. The molecule has 118 valence electrons. The van der Waals surface area contributed by atoms with Crippen LogP contribution in [-0.4, -0.2) is 52.4 Å². The first-order chi connectivity index (χ1) is 10.4. The van der Waals surface area contributed by atoms with Crippen LogP contribution in [0.25, 0.3) is 5.69 Å². The number of halogens is 1. The molecule has 0 aliphatic heterocycles. The SMILES string of the molecule is COC[C@H](C)N(C)C(=O)c1nc(C)n(-c2ccc(F)cc2)n1. The fourth-order valence-electron chi connectivity index (χ4n) is 2.02. The van der Waals surface area contributed by atoms with Gasteiger partial charge in [0.1, 0.15) is 11.6 Å². The van der Waals surface area contributed by atoms with E-state index in [0.717, 1.165) is 0 Å². The molecule has 1 amide bonds. The summed E-state index contributed by atoms with van der Waals surface area (Å²) in [7, 11) is 3.26. The van der Waals surface area contributed by atoms with Crippen molar-refractivity contribution < 1.29 is 13.9 Å². The Morgan fingerprint density at radius 3 is 2.64 bits per heavy atom. The van der Waals surface area contributed by atoms with E-state index in [9.17, 15) is 9.18 Å². The first-order valence-corrected chi connectivity index (χ1v) is 6.89. The maximum absolute atomic E-state index is 13.0. The van der Waals surface area contributed by atoms with Gasteiger partial charge >= 0.3 is 0 Å². The molecule has 2 aromatic rings. The first-order valence-electron chi connectivity index (χ1n) is 6.89. The Hall–Kier alpha value is -2.28. The van der Waals surface area contributed by atoms with Crippen LogP contribution in [0.2, 0.25) is 0 Å². The first kappa shape index (κ1) is 16.1. The topological polar surface area (TPSA) is 60.2 Å². The van der Waals surface area contributed by atoms with Gasteiger partial charge in [-0.2, -0.15) is 0 Å². The van der Waals surface area contributed by atoms with E-state index in [1.807, 2.05) is 6.92 Å². The largest absolute Gasteiger partial charge is 0.383 e. The highest BCUT2D eigenvalue weighted by Gasteiger charge is 2.22. The molecule has 0 unspecified atom stereocenters. The number of aryl methyl sites for hydroxylation is 1. The van der Waals surface area contributed by atoms with Crippen molar-refractivity contribution in [2.24, 2.45) is 0 Å². The Kier molecular flexibility index (Phi) is 4.87. The van der Waals surface area contributed by atoms with Gasteiger partial charge in [-0.05, 0) is 38.1 Å². The number of carbonyl (C=O) groups is 1. The summed E-state index contributed by atoms with van der Waals surface area (Å²) in [6, 6.07) is 5.76. The lowest BCUT2D eigenvalue weighted by Gasteiger charge is -2.22. The Balaban J connectivity index is 2.25. The molecule has 22 heavy (non-hydrogen) atoms. The molecule has 1 heterocycles. The summed E-state index contributed by atoms with van der Waals surface area (Å²) in [6.45, 7) is 4.05. The summed E-state index contributed by atoms with van der Waals surface area (Å²) in [6.07, 6.45) is 0. The average molecular weight is 306 g/mol. The van der Waals surface area contributed by atoms with Crippen LogP contribution in [0.3, 0.4) is 0 Å². The van der Waals surface area contributed by atoms with Crippen LogP contribution in [0.15, 0.2) is 24.3 Å². The Morgan fingerprint density at radius 2 is 2.05 bits per heavy atom. The molecule has 0 aliphatic carbocycles. The quantitative estimate of drug-likeness (QED) is 0.845. The number of nitrogens with zero attached hydrogens (tertiary/aromatic N) is 4. The van der Waals surface area contributed by atoms with Gasteiger partial charge in [-0.1, -0.05) is 0 Å². The number of carbonyl (C=O) groups excluding carboxylic acids is 1. The molecule has 1 aromatic heterocycles. The van der Waals surface area contributed by atoms with Crippen LogP contribution in [0, 0.1) is 12.7 Å². The Bertz CT molecular complexity index is 654. The summed E-state index contributed by atoms with van der Waals surface area (Å²) >= 11 is 0. The number of rotatable bonds is 5. The molecule has 7 heteroatoms. The number of ether oxygens (including phenoxy) is 1. The van der Waals surface area contributed by atoms with E-state index < -0.39 is 0 Å². The molecule has 0 aliphatic rings. The number of amides is 1. The number of aromatic nitrogens is 3. The summed E-state index contributed by atoms with van der Waals surface area (Å²) in [5.74, 6) is 0.0504. The van der Waals surface area contributed by atoms with Gasteiger partial charge in [-0.15, -0.1) is 5.10 Å². The van der Waals surface area contributed by atoms with Crippen LogP contribution in [0.4, 0.5) is 4.39 Å². The summed E-state index contributed by atoms with van der Waals surface area (Å²) in [5.41, 5.74) is 0.651. The highest BCUT2D eigenvalue weighted by Crippen LogP contribution is 2.12. The summed E-state index contributed by atoms with van der Waals surface area (Å²) in [5, 5.41) is 4.22. The lowest BCUT2D eigenvalue weighted by Crippen LogP contribution is -2.38. The molecule has 1 atom stereocenters. The maximum atomic E-state index is 13.0. The van der Waals surface area contributed by atoms with Gasteiger partial charge < -0.3 is 9.64 Å². The van der Waals surface area contributed by atoms with E-state index in [0.29, 0.717) is 18.1 Å². The lowest BCUT2D eigenvalue weighted by molar-refractivity contribution is 0.0622. The minimum atomic E-state index is -0.328. The van der Waals surface area contributed by atoms with Crippen LogP contribution < -0.4 is 0 Å². The predicted molar refractivity (Wildman–Crippen MR) is 79.5 cm³/mol. The molecular formula is C15H19FN4O2. The van der Waals surface area contributed by atoms with Crippen LogP contribution >= 0.6 is 0 Å². The fraction of sp³-hybridized carbons (Fsp3) is 0.400. The van der Waals surface area contributed by atoms with E-state index in [2.05, 4.69) is 10.1 Å². The Labute approximate surface area is 128 Å². The molecule has 1 aromatic carbocycles. The highest BCUT2D eigenvalue weighted by molar-refractivity contribution is 5.90. The second-order valence-corrected chi connectivity index (χ2v) is 5.09. The average Bonchev–Trinajstić information content (AvgIpc) is 2.88. The molecule has 0 saturated heterocycles. The predicted octanol–water partition coefficient (Wildman–Crippen LogP) is 1.82. The van der Waals surface area contributed by atoms with E-state index in [1.54, 1.807) is 33.2 Å². The van der Waals surface area contributed by atoms with Crippen molar-refractivity contribution in [3.8, 4) is 5.69 Å². The standard InChI is InChI=1S/C15H19FN4O2/c1-10(9-22-4)19(3)15(21)14-17-11(2)20(18-14)13-7-5-12(16)6-8-13/h5-8,10H,9H2,1-4H3/t10-/m0/s1. The van der Waals surface area contributed by atoms with Crippen LogP contribution in [-0.2, 0) is 4.74 Å². The molecule has 2 rings (SSSR count). The third kappa shape index (κ3) is 3.30. The number of methoxy groups -OCH3 is 1. The third-order valence-corrected chi connectivity index (χ3v) is 3.42. The molecule has 6 nitrogen and oxygen atoms in total. The van der Waals surface area contributed by atoms with Crippen molar-refractivity contribution in [3.63, 3.8) is 0 Å². The summed E-state index contributed by atoms with van der Waals surface area (Å²) < 4.78 is 19.5. The van der Waals surface area contributed by atoms with Gasteiger partial charge in [0, 0.05) is 14.2 Å². The molecule has 0 radical (unpaired) electrons. The van der Waals surface area contributed by atoms with Crippen LogP contribution in [0.5, 0.6) is 0 Å². The van der Waals surface area contributed by atoms with E-state index in [-0.39, 0.29) is 23.6 Å². The van der Waals surface area contributed by atoms with Crippen LogP contribution in [0.1, 0.15) is 23.4 Å². The molecule has 0 fully saturated rings. The number of hydrogen-bond donors (Lipinski definition) is 0. The number of likely N-dealkylation sites (N-methyl/N-ethyl adjacent to an activating group) is 1. The number of hydrogen-bond acceptors (Lipinski definition) is 4. The molecular weight excluding hydrogens is 287 g/mol. The van der Waals surface area contributed by atoms with Gasteiger partial charge in [-0.3, -0.25) is 4.79 Å². The fourth-order valence-corrected chi connectivity index (χ4v) is 2.02. The van der Waals surface area contributed by atoms with Gasteiger partial charge in [0.15, 0.2) is 0 Å². The molecule has 0 bridgehead atoms. The zero-order valence-corrected chi connectivity index (χ0v) is 13.1. The van der Waals surface area contributed by atoms with Crippen molar-refractivity contribution >= 4 is 5.91 Å². The highest BCUT2D eigenvalue weighted by atomic mass is 19.1. The van der Waals surface area contributed by atoms with Crippen molar-refractivity contribution in [1.29, 1.82) is 0 Å². The monoisotopic (exact) mass is 306 g/mol. The van der Waals surface area contributed by atoms with Gasteiger partial charge in [0.25, 0.3) is 5.91 Å². The number of benzene rings is 1. The van der Waals surface area contributed by atoms with Gasteiger partial charge in [-0.25, -0.2) is 14.1 Å². The van der Waals surface area contributed by atoms with Crippen molar-refractivity contribution in [1.82, 2.24) is 19.7 Å². The van der Waals surface area contributed by atoms with Crippen molar-refractivity contribution in [2.45, 2.75) is 19.9 Å². The van der Waals surface area contributed by atoms with Crippen molar-refractivity contribution in [2.75, 3.05) is 20.8 Å².